The summed E-state index contributed by atoms with van der Waals surface area (Å²) in [5.41, 5.74) is 0. The first-order valence-corrected chi connectivity index (χ1v) is 4.78. The number of hydrogen-bond acceptors (Lipinski definition) is 3. The van der Waals surface area contributed by atoms with Gasteiger partial charge < -0.3 is 14.6 Å². The molecule has 0 spiro atoms. The molecule has 3 nitrogen and oxygen atoms in total. The lowest BCUT2D eigenvalue weighted by atomic mass is 10.2. The number of rotatable bonds is 4. The largest absolute Gasteiger partial charge is 0.368 e. The molecule has 3 heteroatoms. The highest BCUT2D eigenvalue weighted by atomic mass is 16.7. The van der Waals surface area contributed by atoms with Gasteiger partial charge in [-0.1, -0.05) is 13.3 Å². The minimum atomic E-state index is -0.641. The maximum atomic E-state index is 9.30. The van der Waals surface area contributed by atoms with Gasteiger partial charge in [-0.3, -0.25) is 0 Å². The van der Waals surface area contributed by atoms with Gasteiger partial charge in [-0.25, -0.2) is 0 Å². The molecule has 1 heterocycles. The lowest BCUT2D eigenvalue weighted by Gasteiger charge is -2.25. The highest BCUT2D eigenvalue weighted by Crippen LogP contribution is 2.15. The molecule has 0 unspecified atom stereocenters. The van der Waals surface area contributed by atoms with Crippen LogP contribution in [0.3, 0.4) is 0 Å². The first kappa shape index (κ1) is 9.96. The van der Waals surface area contributed by atoms with Crippen LogP contribution in [0.2, 0.25) is 0 Å². The van der Waals surface area contributed by atoms with E-state index in [9.17, 15) is 5.11 Å². The monoisotopic (exact) mass is 174 g/mol. The molecule has 0 aromatic rings. The third-order valence-corrected chi connectivity index (χ3v) is 1.98. The summed E-state index contributed by atoms with van der Waals surface area (Å²) >= 11 is 0. The van der Waals surface area contributed by atoms with E-state index in [2.05, 4.69) is 0 Å². The smallest absolute Gasteiger partial charge is 0.160 e. The molecule has 0 aliphatic carbocycles. The van der Waals surface area contributed by atoms with E-state index < -0.39 is 6.29 Å². The first-order chi connectivity index (χ1) is 5.83. The molecule has 0 bridgehead atoms. The number of aliphatic hydroxyl groups excluding tert-OH is 1. The van der Waals surface area contributed by atoms with E-state index >= 15 is 0 Å². The van der Waals surface area contributed by atoms with Gasteiger partial charge in [0, 0.05) is 6.61 Å². The van der Waals surface area contributed by atoms with Crippen molar-refractivity contribution < 1.29 is 14.6 Å². The summed E-state index contributed by atoms with van der Waals surface area (Å²) in [4.78, 5) is 0. The van der Waals surface area contributed by atoms with Crippen molar-refractivity contribution in [3.05, 3.63) is 0 Å². The van der Waals surface area contributed by atoms with Gasteiger partial charge >= 0.3 is 0 Å². The van der Waals surface area contributed by atoms with E-state index in [4.69, 9.17) is 9.47 Å². The van der Waals surface area contributed by atoms with E-state index in [1.54, 1.807) is 0 Å². The summed E-state index contributed by atoms with van der Waals surface area (Å²) in [7, 11) is 0. The fourth-order valence-electron chi connectivity index (χ4n) is 1.31. The highest BCUT2D eigenvalue weighted by Gasteiger charge is 2.17. The van der Waals surface area contributed by atoms with Gasteiger partial charge in [0.25, 0.3) is 0 Å². The normalized spacial score (nSPS) is 27.0. The Morgan fingerprint density at radius 1 is 1.58 bits per heavy atom. The van der Waals surface area contributed by atoms with Gasteiger partial charge in [0.2, 0.25) is 0 Å². The lowest BCUT2D eigenvalue weighted by Crippen LogP contribution is -2.27. The van der Waals surface area contributed by atoms with E-state index in [0.717, 1.165) is 32.3 Å². The minimum Gasteiger partial charge on any atom is -0.368 e. The molecule has 72 valence electrons. The van der Waals surface area contributed by atoms with Gasteiger partial charge in [0.15, 0.2) is 12.6 Å². The molecule has 0 aromatic heterocycles. The zero-order valence-corrected chi connectivity index (χ0v) is 7.66. The van der Waals surface area contributed by atoms with Crippen molar-refractivity contribution in [2.24, 2.45) is 0 Å². The summed E-state index contributed by atoms with van der Waals surface area (Å²) in [6.45, 7) is 2.79. The maximum absolute atomic E-state index is 9.30. The maximum Gasteiger partial charge on any atom is 0.160 e. The molecule has 1 fully saturated rings. The molecule has 1 saturated heterocycles. The van der Waals surface area contributed by atoms with Crippen molar-refractivity contribution in [1.29, 1.82) is 0 Å². The zero-order chi connectivity index (χ0) is 8.81. The van der Waals surface area contributed by atoms with Crippen LogP contribution in [0.25, 0.3) is 0 Å². The van der Waals surface area contributed by atoms with Crippen LogP contribution in [0.15, 0.2) is 0 Å². The van der Waals surface area contributed by atoms with Crippen molar-refractivity contribution in [3.63, 3.8) is 0 Å². The lowest BCUT2D eigenvalue weighted by molar-refractivity contribution is -0.241. The average molecular weight is 174 g/mol. The zero-order valence-electron chi connectivity index (χ0n) is 7.66. The second-order valence-electron chi connectivity index (χ2n) is 3.18. The number of hydrogen-bond donors (Lipinski definition) is 1. The Morgan fingerprint density at radius 2 is 2.42 bits per heavy atom. The molecule has 0 saturated carbocycles. The standard InChI is InChI=1S/C9H18O3/c1-2-5-8(10)12-9-6-3-4-7-11-9/h8-10H,2-7H2,1H3/t8-,9+/m1/s1. The van der Waals surface area contributed by atoms with Gasteiger partial charge in [0.1, 0.15) is 0 Å². The molecule has 1 aliphatic rings. The van der Waals surface area contributed by atoms with Crippen molar-refractivity contribution in [2.45, 2.75) is 51.6 Å². The number of ether oxygens (including phenoxy) is 2. The Bertz CT molecular complexity index is 110. The van der Waals surface area contributed by atoms with Gasteiger partial charge in [-0.15, -0.1) is 0 Å². The molecule has 1 aliphatic heterocycles. The molecular formula is C9H18O3. The minimum absolute atomic E-state index is 0.166. The van der Waals surface area contributed by atoms with Crippen LogP contribution in [-0.2, 0) is 9.47 Å². The molecule has 1 N–H and O–H groups in total. The van der Waals surface area contributed by atoms with Crippen LogP contribution < -0.4 is 0 Å². The SMILES string of the molecule is CCC[C@H](O)O[C@H]1CCCCO1. The van der Waals surface area contributed by atoms with Gasteiger partial charge in [-0.2, -0.15) is 0 Å². The van der Waals surface area contributed by atoms with Crippen molar-refractivity contribution in [3.8, 4) is 0 Å². The summed E-state index contributed by atoms with van der Waals surface area (Å²) in [5.74, 6) is 0. The summed E-state index contributed by atoms with van der Waals surface area (Å²) in [6.07, 6.45) is 4.00. The Morgan fingerprint density at radius 3 is 3.00 bits per heavy atom. The second kappa shape index (κ2) is 5.51. The fraction of sp³-hybridized carbons (Fsp3) is 1.00. The molecule has 12 heavy (non-hydrogen) atoms. The van der Waals surface area contributed by atoms with Crippen molar-refractivity contribution in [2.75, 3.05) is 6.61 Å². The fourth-order valence-corrected chi connectivity index (χ4v) is 1.31. The molecule has 0 amide bonds. The second-order valence-corrected chi connectivity index (χ2v) is 3.18. The van der Waals surface area contributed by atoms with E-state index in [1.165, 1.54) is 0 Å². The van der Waals surface area contributed by atoms with Gasteiger partial charge in [0.05, 0.1) is 0 Å². The van der Waals surface area contributed by atoms with Gasteiger partial charge in [-0.05, 0) is 25.7 Å². The van der Waals surface area contributed by atoms with Crippen molar-refractivity contribution in [1.82, 2.24) is 0 Å². The molecular weight excluding hydrogens is 156 g/mol. The van der Waals surface area contributed by atoms with E-state index in [1.807, 2.05) is 6.92 Å². The Hall–Kier alpha value is -0.120. The Kier molecular flexibility index (Phi) is 4.58. The Balaban J connectivity index is 2.11. The van der Waals surface area contributed by atoms with Crippen LogP contribution >= 0.6 is 0 Å². The Labute approximate surface area is 73.7 Å². The average Bonchev–Trinajstić information content (AvgIpc) is 2.06. The first-order valence-electron chi connectivity index (χ1n) is 4.78. The van der Waals surface area contributed by atoms with Crippen LogP contribution in [0.4, 0.5) is 0 Å². The molecule has 1 rings (SSSR count). The van der Waals surface area contributed by atoms with Crippen LogP contribution in [0.5, 0.6) is 0 Å². The topological polar surface area (TPSA) is 38.7 Å². The van der Waals surface area contributed by atoms with Crippen molar-refractivity contribution >= 4 is 0 Å². The summed E-state index contributed by atoms with van der Waals surface area (Å²) in [5, 5.41) is 9.30. The third kappa shape index (κ3) is 3.52. The quantitative estimate of drug-likeness (QED) is 0.658. The van der Waals surface area contributed by atoms with Crippen LogP contribution in [0, 0.1) is 0 Å². The summed E-state index contributed by atoms with van der Waals surface area (Å²) in [6, 6.07) is 0. The summed E-state index contributed by atoms with van der Waals surface area (Å²) < 4.78 is 10.6. The van der Waals surface area contributed by atoms with E-state index in [0.29, 0.717) is 6.42 Å². The van der Waals surface area contributed by atoms with Crippen LogP contribution in [0.1, 0.15) is 39.0 Å². The molecule has 2 atom stereocenters. The number of aliphatic hydroxyl groups is 1. The third-order valence-electron chi connectivity index (χ3n) is 1.98. The molecule has 0 aromatic carbocycles. The predicted molar refractivity (Wildman–Crippen MR) is 45.6 cm³/mol. The van der Waals surface area contributed by atoms with Crippen LogP contribution in [-0.4, -0.2) is 24.3 Å². The molecule has 0 radical (unpaired) electrons. The highest BCUT2D eigenvalue weighted by molar-refractivity contribution is 4.54. The predicted octanol–water partition coefficient (Wildman–Crippen LogP) is 1.65. The van der Waals surface area contributed by atoms with E-state index in [-0.39, 0.29) is 6.29 Å².